The van der Waals surface area contributed by atoms with Crippen molar-refractivity contribution in [2.45, 2.75) is 39.2 Å². The molecule has 25 heavy (non-hydrogen) atoms. The van der Waals surface area contributed by atoms with Crippen molar-refractivity contribution < 1.29 is 0 Å². The minimum Gasteiger partial charge on any atom is -0.338 e. The van der Waals surface area contributed by atoms with Crippen molar-refractivity contribution >= 4 is 28.3 Å². The molecule has 0 aromatic heterocycles. The van der Waals surface area contributed by atoms with Crippen molar-refractivity contribution in [2.24, 2.45) is 0 Å². The van der Waals surface area contributed by atoms with E-state index in [0.29, 0.717) is 0 Å². The van der Waals surface area contributed by atoms with Gasteiger partial charge in [0.25, 0.3) is 0 Å². The molecule has 0 radical (unpaired) electrons. The number of hydrogen-bond donors (Lipinski definition) is 0. The molecular weight excluding hydrogens is 344 g/mol. The summed E-state index contributed by atoms with van der Waals surface area (Å²) in [5.74, 6) is 0. The van der Waals surface area contributed by atoms with E-state index >= 15 is 0 Å². The van der Waals surface area contributed by atoms with Crippen molar-refractivity contribution in [3.63, 3.8) is 0 Å². The Bertz CT molecular complexity index is 725. The average molecular weight is 371 g/mol. The number of hydrogen-bond acceptors (Lipinski definition) is 3. The van der Waals surface area contributed by atoms with Crippen LogP contribution >= 0.6 is 24.0 Å². The molecule has 0 amide bonds. The zero-order chi connectivity index (χ0) is 18.0. The molecule has 1 fully saturated rings. The van der Waals surface area contributed by atoms with Crippen LogP contribution < -0.4 is 0 Å². The van der Waals surface area contributed by atoms with Gasteiger partial charge in [0, 0.05) is 6.54 Å². The lowest BCUT2D eigenvalue weighted by atomic mass is 10.1. The Hall–Kier alpha value is -1.36. The van der Waals surface area contributed by atoms with Gasteiger partial charge in [0.05, 0.1) is 5.37 Å². The molecule has 2 unspecified atom stereocenters. The van der Waals surface area contributed by atoms with Crippen LogP contribution in [0.2, 0.25) is 0 Å². The van der Waals surface area contributed by atoms with E-state index in [4.69, 9.17) is 12.2 Å². The molecular formula is C21H26N2S2. The molecule has 0 aliphatic carbocycles. The van der Waals surface area contributed by atoms with Crippen molar-refractivity contribution in [3.8, 4) is 0 Å². The molecule has 1 aliphatic heterocycles. The number of nitrogens with zero attached hydrogens (tertiary/aromatic N) is 2. The van der Waals surface area contributed by atoms with Crippen molar-refractivity contribution in [2.75, 3.05) is 13.1 Å². The van der Waals surface area contributed by atoms with Gasteiger partial charge in [0.15, 0.2) is 0 Å². The van der Waals surface area contributed by atoms with Gasteiger partial charge in [-0.05, 0) is 38.4 Å². The predicted molar refractivity (Wildman–Crippen MR) is 113 cm³/mol. The molecule has 1 aliphatic rings. The van der Waals surface area contributed by atoms with E-state index in [1.807, 2.05) is 0 Å². The molecule has 2 aromatic rings. The molecule has 1 saturated heterocycles. The van der Waals surface area contributed by atoms with E-state index in [1.54, 1.807) is 11.8 Å². The second kappa shape index (κ2) is 7.90. The van der Waals surface area contributed by atoms with Crippen molar-refractivity contribution in [1.29, 1.82) is 0 Å². The Morgan fingerprint density at radius 1 is 0.840 bits per heavy atom. The Balaban J connectivity index is 2.03. The van der Waals surface area contributed by atoms with Crippen LogP contribution in [0.4, 0.5) is 0 Å². The molecule has 2 aromatic carbocycles. The summed E-state index contributed by atoms with van der Waals surface area (Å²) in [4.78, 5) is 4.90. The number of thiocarbonyl (C=S) groups is 1. The van der Waals surface area contributed by atoms with Gasteiger partial charge in [-0.3, -0.25) is 4.90 Å². The Kier molecular flexibility index (Phi) is 5.82. The highest BCUT2D eigenvalue weighted by Crippen LogP contribution is 2.46. The van der Waals surface area contributed by atoms with E-state index in [2.05, 4.69) is 86.0 Å². The minimum atomic E-state index is 0.190. The first-order chi connectivity index (χ1) is 12.0. The molecule has 1 heterocycles. The van der Waals surface area contributed by atoms with Gasteiger partial charge in [-0.1, -0.05) is 90.6 Å². The number of rotatable bonds is 4. The zero-order valence-electron chi connectivity index (χ0n) is 15.4. The summed E-state index contributed by atoms with van der Waals surface area (Å²) in [5.41, 5.74) is 5.22. The molecule has 0 N–H and O–H groups in total. The fourth-order valence-corrected chi connectivity index (χ4v) is 5.13. The monoisotopic (exact) mass is 370 g/mol. The lowest BCUT2D eigenvalue weighted by Gasteiger charge is -2.48. The van der Waals surface area contributed by atoms with Gasteiger partial charge >= 0.3 is 0 Å². The van der Waals surface area contributed by atoms with E-state index in [0.717, 1.165) is 17.4 Å². The van der Waals surface area contributed by atoms with Crippen LogP contribution in [-0.2, 0) is 0 Å². The highest BCUT2D eigenvalue weighted by molar-refractivity contribution is 8.23. The molecule has 2 atom stereocenters. The highest BCUT2D eigenvalue weighted by Gasteiger charge is 2.38. The van der Waals surface area contributed by atoms with E-state index < -0.39 is 0 Å². The van der Waals surface area contributed by atoms with Crippen LogP contribution in [0.15, 0.2) is 48.5 Å². The molecule has 0 saturated carbocycles. The van der Waals surface area contributed by atoms with Crippen molar-refractivity contribution in [3.05, 3.63) is 70.8 Å². The summed E-state index contributed by atoms with van der Waals surface area (Å²) in [7, 11) is 0. The van der Waals surface area contributed by atoms with Gasteiger partial charge in [-0.2, -0.15) is 0 Å². The smallest absolute Gasteiger partial charge is 0.139 e. The highest BCUT2D eigenvalue weighted by atomic mass is 32.2. The third kappa shape index (κ3) is 3.76. The second-order valence-corrected chi connectivity index (χ2v) is 8.26. The van der Waals surface area contributed by atoms with Crippen LogP contribution in [0.1, 0.15) is 47.6 Å². The molecule has 0 bridgehead atoms. The SMILES string of the molecule is CCN1C(=S)SC(c2ccc(C)cc2)N(CC)C1c1ccc(C)cc1. The summed E-state index contributed by atoms with van der Waals surface area (Å²) in [6.07, 6.45) is 0.190. The van der Waals surface area contributed by atoms with Gasteiger partial charge < -0.3 is 4.90 Å². The summed E-state index contributed by atoms with van der Waals surface area (Å²) in [6.45, 7) is 10.6. The topological polar surface area (TPSA) is 6.48 Å². The lowest BCUT2D eigenvalue weighted by Crippen LogP contribution is -2.48. The van der Waals surface area contributed by atoms with Crippen LogP contribution in [0.25, 0.3) is 0 Å². The second-order valence-electron chi connectivity index (χ2n) is 6.55. The maximum Gasteiger partial charge on any atom is 0.139 e. The summed E-state index contributed by atoms with van der Waals surface area (Å²) >= 11 is 7.59. The number of thioether (sulfide) groups is 1. The molecule has 4 heteroatoms. The maximum atomic E-state index is 5.80. The van der Waals surface area contributed by atoms with Gasteiger partial charge in [-0.25, -0.2) is 0 Å². The number of aryl methyl sites for hydroxylation is 2. The van der Waals surface area contributed by atoms with Crippen LogP contribution in [0.3, 0.4) is 0 Å². The fraction of sp³-hybridized carbons (Fsp3) is 0.381. The van der Waals surface area contributed by atoms with Crippen LogP contribution in [0.5, 0.6) is 0 Å². The molecule has 3 rings (SSSR count). The minimum absolute atomic E-state index is 0.190. The molecule has 132 valence electrons. The third-order valence-electron chi connectivity index (χ3n) is 4.80. The summed E-state index contributed by atoms with van der Waals surface area (Å²) in [6, 6.07) is 17.8. The first kappa shape index (κ1) is 18.4. The quantitative estimate of drug-likeness (QED) is 0.639. The van der Waals surface area contributed by atoms with E-state index in [-0.39, 0.29) is 11.5 Å². The fourth-order valence-electron chi connectivity index (χ4n) is 3.38. The van der Waals surface area contributed by atoms with Gasteiger partial charge in [0.1, 0.15) is 10.5 Å². The largest absolute Gasteiger partial charge is 0.338 e. The molecule has 0 spiro atoms. The Morgan fingerprint density at radius 3 is 1.84 bits per heavy atom. The average Bonchev–Trinajstić information content (AvgIpc) is 2.62. The van der Waals surface area contributed by atoms with E-state index in [9.17, 15) is 0 Å². The van der Waals surface area contributed by atoms with E-state index in [1.165, 1.54) is 22.3 Å². The van der Waals surface area contributed by atoms with Crippen molar-refractivity contribution in [1.82, 2.24) is 9.80 Å². The third-order valence-corrected chi connectivity index (χ3v) is 6.53. The van der Waals surface area contributed by atoms with Gasteiger partial charge in [-0.15, -0.1) is 0 Å². The first-order valence-electron chi connectivity index (χ1n) is 8.91. The normalized spacial score (nSPS) is 21.6. The maximum absolute atomic E-state index is 5.80. The predicted octanol–water partition coefficient (Wildman–Crippen LogP) is 5.68. The molecule has 2 nitrogen and oxygen atoms in total. The Morgan fingerprint density at radius 2 is 1.36 bits per heavy atom. The van der Waals surface area contributed by atoms with Gasteiger partial charge in [0.2, 0.25) is 0 Å². The lowest BCUT2D eigenvalue weighted by molar-refractivity contribution is 0.0852. The van der Waals surface area contributed by atoms with Crippen LogP contribution in [0, 0.1) is 13.8 Å². The summed E-state index contributed by atoms with van der Waals surface area (Å²) in [5, 5.41) is 0.257. The number of benzene rings is 2. The summed E-state index contributed by atoms with van der Waals surface area (Å²) < 4.78 is 0.989. The Labute approximate surface area is 161 Å². The van der Waals surface area contributed by atoms with Crippen LogP contribution in [-0.4, -0.2) is 27.2 Å². The zero-order valence-corrected chi connectivity index (χ0v) is 17.0. The first-order valence-corrected chi connectivity index (χ1v) is 10.2. The standard InChI is InChI=1S/C21H26N2S2/c1-5-22-19(17-11-7-15(3)8-12-17)23(6-2)21(24)25-20(22)18-13-9-16(4)10-14-18/h7-14,19-20H,5-6H2,1-4H3.